The van der Waals surface area contributed by atoms with Crippen molar-refractivity contribution in [2.24, 2.45) is 0 Å². The Morgan fingerprint density at radius 1 is 1.00 bits per heavy atom. The molecule has 0 radical (unpaired) electrons. The SMILES string of the molecule is CC.CC.CC(C)(C(=O)O)c1ccccc1. The van der Waals surface area contributed by atoms with Crippen LogP contribution in [-0.2, 0) is 10.2 Å². The highest BCUT2D eigenvalue weighted by Crippen LogP contribution is 2.22. The highest BCUT2D eigenvalue weighted by molar-refractivity contribution is 5.80. The van der Waals surface area contributed by atoms with Gasteiger partial charge in [-0.3, -0.25) is 4.79 Å². The number of carboxylic acids is 1. The molecule has 0 aliphatic rings. The van der Waals surface area contributed by atoms with Gasteiger partial charge in [-0.25, -0.2) is 0 Å². The molecule has 16 heavy (non-hydrogen) atoms. The van der Waals surface area contributed by atoms with Crippen LogP contribution in [0.15, 0.2) is 30.3 Å². The van der Waals surface area contributed by atoms with E-state index in [0.717, 1.165) is 5.56 Å². The molecule has 0 atom stereocenters. The zero-order chi connectivity index (χ0) is 13.2. The van der Waals surface area contributed by atoms with Crippen molar-refractivity contribution in [2.75, 3.05) is 0 Å². The summed E-state index contributed by atoms with van der Waals surface area (Å²) in [5.41, 5.74) is 0.0406. The number of benzene rings is 1. The second-order valence-electron chi connectivity index (χ2n) is 3.30. The van der Waals surface area contributed by atoms with Crippen LogP contribution in [0, 0.1) is 0 Å². The molecule has 92 valence electrons. The monoisotopic (exact) mass is 224 g/mol. The Balaban J connectivity index is 0. The van der Waals surface area contributed by atoms with Crippen molar-refractivity contribution in [3.8, 4) is 0 Å². The van der Waals surface area contributed by atoms with Crippen LogP contribution in [0.25, 0.3) is 0 Å². The third-order valence-electron chi connectivity index (χ3n) is 2.03. The summed E-state index contributed by atoms with van der Waals surface area (Å²) < 4.78 is 0. The molecule has 0 aliphatic carbocycles. The van der Waals surface area contributed by atoms with Crippen LogP contribution in [0.2, 0.25) is 0 Å². The molecule has 0 spiro atoms. The highest BCUT2D eigenvalue weighted by atomic mass is 16.4. The second-order valence-corrected chi connectivity index (χ2v) is 3.30. The molecule has 2 nitrogen and oxygen atoms in total. The smallest absolute Gasteiger partial charge is 0.313 e. The maximum atomic E-state index is 10.8. The van der Waals surface area contributed by atoms with E-state index in [4.69, 9.17) is 5.11 Å². The summed E-state index contributed by atoms with van der Waals surface area (Å²) in [6.07, 6.45) is 0. The van der Waals surface area contributed by atoms with Gasteiger partial charge >= 0.3 is 5.97 Å². The van der Waals surface area contributed by atoms with Gasteiger partial charge in [0.1, 0.15) is 0 Å². The normalized spacial score (nSPS) is 9.12. The molecule has 1 N–H and O–H groups in total. The fourth-order valence-corrected chi connectivity index (χ4v) is 0.978. The average molecular weight is 224 g/mol. The molecule has 0 fully saturated rings. The number of aliphatic carboxylic acids is 1. The van der Waals surface area contributed by atoms with E-state index >= 15 is 0 Å². The van der Waals surface area contributed by atoms with Gasteiger partial charge in [-0.15, -0.1) is 0 Å². The fourth-order valence-electron chi connectivity index (χ4n) is 0.978. The summed E-state index contributed by atoms with van der Waals surface area (Å²) in [6.45, 7) is 11.4. The van der Waals surface area contributed by atoms with Gasteiger partial charge in [0.2, 0.25) is 0 Å². The van der Waals surface area contributed by atoms with E-state index in [-0.39, 0.29) is 0 Å². The van der Waals surface area contributed by atoms with Crippen molar-refractivity contribution in [3.63, 3.8) is 0 Å². The van der Waals surface area contributed by atoms with Gasteiger partial charge < -0.3 is 5.11 Å². The van der Waals surface area contributed by atoms with E-state index in [9.17, 15) is 4.79 Å². The predicted molar refractivity (Wildman–Crippen MR) is 69.8 cm³/mol. The molecule has 0 heterocycles. The molecule has 0 aromatic heterocycles. The maximum Gasteiger partial charge on any atom is 0.313 e. The summed E-state index contributed by atoms with van der Waals surface area (Å²) >= 11 is 0. The second kappa shape index (κ2) is 8.96. The average Bonchev–Trinajstić information content (AvgIpc) is 2.35. The first-order valence-electron chi connectivity index (χ1n) is 5.84. The zero-order valence-corrected chi connectivity index (χ0v) is 11.2. The van der Waals surface area contributed by atoms with Gasteiger partial charge in [0.25, 0.3) is 0 Å². The van der Waals surface area contributed by atoms with Crippen LogP contribution in [0.1, 0.15) is 47.1 Å². The Kier molecular flexibility index (Phi) is 9.57. The molecule has 0 saturated carbocycles. The van der Waals surface area contributed by atoms with E-state index in [2.05, 4.69) is 0 Å². The zero-order valence-electron chi connectivity index (χ0n) is 11.2. The number of hydrogen-bond donors (Lipinski definition) is 1. The molecule has 1 aromatic rings. The number of rotatable bonds is 2. The lowest BCUT2D eigenvalue weighted by atomic mass is 9.85. The molecule has 1 aromatic carbocycles. The third-order valence-corrected chi connectivity index (χ3v) is 2.03. The van der Waals surface area contributed by atoms with Crippen LogP contribution in [0.4, 0.5) is 0 Å². The predicted octanol–water partition coefficient (Wildman–Crippen LogP) is 4.10. The summed E-state index contributed by atoms with van der Waals surface area (Å²) in [5, 5.41) is 8.89. The van der Waals surface area contributed by atoms with Crippen LogP contribution in [0.5, 0.6) is 0 Å². The quantitative estimate of drug-likeness (QED) is 0.821. The lowest BCUT2D eigenvalue weighted by Crippen LogP contribution is -2.28. The molecule has 0 saturated heterocycles. The van der Waals surface area contributed by atoms with E-state index in [1.807, 2.05) is 58.0 Å². The van der Waals surface area contributed by atoms with E-state index in [1.165, 1.54) is 0 Å². The van der Waals surface area contributed by atoms with Crippen molar-refractivity contribution in [3.05, 3.63) is 35.9 Å². The Labute approximate surface area is 99.3 Å². The minimum absolute atomic E-state index is 0.790. The number of carboxylic acid groups (broad SMARTS) is 1. The molecule has 1 rings (SSSR count). The van der Waals surface area contributed by atoms with Gasteiger partial charge in [-0.1, -0.05) is 58.0 Å². The van der Waals surface area contributed by atoms with Crippen molar-refractivity contribution in [1.82, 2.24) is 0 Å². The van der Waals surface area contributed by atoms with E-state index < -0.39 is 11.4 Å². The minimum atomic E-state index is -0.797. The van der Waals surface area contributed by atoms with Crippen molar-refractivity contribution >= 4 is 5.97 Å². The molecule has 0 amide bonds. The summed E-state index contributed by atoms with van der Waals surface area (Å²) in [6, 6.07) is 9.23. The minimum Gasteiger partial charge on any atom is -0.481 e. The Bertz CT molecular complexity index is 276. The van der Waals surface area contributed by atoms with Crippen LogP contribution in [-0.4, -0.2) is 11.1 Å². The lowest BCUT2D eigenvalue weighted by molar-refractivity contribution is -0.142. The Morgan fingerprint density at radius 2 is 1.38 bits per heavy atom. The van der Waals surface area contributed by atoms with Crippen LogP contribution >= 0.6 is 0 Å². The van der Waals surface area contributed by atoms with Crippen molar-refractivity contribution in [2.45, 2.75) is 47.0 Å². The molecule has 2 heteroatoms. The van der Waals surface area contributed by atoms with E-state index in [1.54, 1.807) is 13.8 Å². The number of hydrogen-bond acceptors (Lipinski definition) is 1. The van der Waals surface area contributed by atoms with Gasteiger partial charge in [0.05, 0.1) is 5.41 Å². The van der Waals surface area contributed by atoms with Gasteiger partial charge in [-0.2, -0.15) is 0 Å². The standard InChI is InChI=1S/C10H12O2.2C2H6/c1-10(2,9(11)12)8-6-4-3-5-7-8;2*1-2/h3-7H,1-2H3,(H,11,12);2*1-2H3. The molecule has 0 aliphatic heterocycles. The molecule has 0 bridgehead atoms. The van der Waals surface area contributed by atoms with Gasteiger partial charge in [0.15, 0.2) is 0 Å². The largest absolute Gasteiger partial charge is 0.481 e. The molecular formula is C14H24O2. The topological polar surface area (TPSA) is 37.3 Å². The summed E-state index contributed by atoms with van der Waals surface area (Å²) in [5.74, 6) is -0.797. The van der Waals surface area contributed by atoms with Gasteiger partial charge in [-0.05, 0) is 19.4 Å². The first kappa shape index (κ1) is 17.1. The fraction of sp³-hybridized carbons (Fsp3) is 0.500. The van der Waals surface area contributed by atoms with Crippen LogP contribution < -0.4 is 0 Å². The van der Waals surface area contributed by atoms with Gasteiger partial charge in [0, 0.05) is 0 Å². The molecular weight excluding hydrogens is 200 g/mol. The first-order chi connectivity index (χ1) is 7.55. The van der Waals surface area contributed by atoms with Crippen molar-refractivity contribution < 1.29 is 9.90 Å². The third kappa shape index (κ3) is 4.96. The maximum absolute atomic E-state index is 10.8. The van der Waals surface area contributed by atoms with E-state index in [0.29, 0.717) is 0 Å². The first-order valence-corrected chi connectivity index (χ1v) is 5.84. The Morgan fingerprint density at radius 3 is 1.69 bits per heavy atom. The Hall–Kier alpha value is -1.31. The molecule has 0 unspecified atom stereocenters. The number of carbonyl (C=O) groups is 1. The van der Waals surface area contributed by atoms with Crippen molar-refractivity contribution in [1.29, 1.82) is 0 Å². The highest BCUT2D eigenvalue weighted by Gasteiger charge is 2.28. The summed E-state index contributed by atoms with van der Waals surface area (Å²) in [7, 11) is 0. The summed E-state index contributed by atoms with van der Waals surface area (Å²) in [4.78, 5) is 10.8. The van der Waals surface area contributed by atoms with Crippen LogP contribution in [0.3, 0.4) is 0 Å². The lowest BCUT2D eigenvalue weighted by Gasteiger charge is -2.18.